The van der Waals surface area contributed by atoms with Gasteiger partial charge in [-0.1, -0.05) is 20.8 Å². The summed E-state index contributed by atoms with van der Waals surface area (Å²) < 4.78 is 40.4. The minimum Gasteiger partial charge on any atom is -0.497 e. The molecule has 0 aliphatic carbocycles. The molecule has 2 heterocycles. The van der Waals surface area contributed by atoms with Crippen molar-refractivity contribution in [2.75, 3.05) is 20.5 Å². The van der Waals surface area contributed by atoms with E-state index in [1.807, 2.05) is 6.92 Å². The molecule has 0 bridgehead atoms. The number of carbonyl (C=O) groups is 2. The lowest BCUT2D eigenvalue weighted by Crippen LogP contribution is -2.43. The maximum absolute atomic E-state index is 13.3. The number of fused-ring (bicyclic) bond motifs is 1. The van der Waals surface area contributed by atoms with E-state index in [-0.39, 0.29) is 41.5 Å². The molecule has 1 saturated heterocycles. The van der Waals surface area contributed by atoms with Crippen LogP contribution >= 0.6 is 0 Å². The van der Waals surface area contributed by atoms with Gasteiger partial charge in [0.25, 0.3) is 0 Å². The minimum atomic E-state index is -1.90. The van der Waals surface area contributed by atoms with E-state index in [9.17, 15) is 14.7 Å². The molecule has 0 unspecified atom stereocenters. The Kier molecular flexibility index (Phi) is 11.3. The van der Waals surface area contributed by atoms with Gasteiger partial charge in [0.05, 0.1) is 19.3 Å². The number of rotatable bonds is 15. The maximum Gasteiger partial charge on any atom is 0.343 e. The van der Waals surface area contributed by atoms with Crippen molar-refractivity contribution in [3.8, 4) is 11.5 Å². The predicted octanol–water partition coefficient (Wildman–Crippen LogP) is 5.70. The molecule has 11 heteroatoms. The Morgan fingerprint density at radius 2 is 1.88 bits per heavy atom. The van der Waals surface area contributed by atoms with Crippen LogP contribution in [0.25, 0.3) is 0 Å². The van der Waals surface area contributed by atoms with E-state index in [1.54, 1.807) is 26.0 Å². The van der Waals surface area contributed by atoms with Crippen molar-refractivity contribution < 1.29 is 47.5 Å². The second-order valence-electron chi connectivity index (χ2n) is 13.1. The van der Waals surface area contributed by atoms with Crippen molar-refractivity contribution >= 4 is 20.1 Å². The topological polar surface area (TPSA) is 119 Å². The first kappa shape index (κ1) is 34.5. The number of hydrogen-bond donors (Lipinski definition) is 1. The SMILES string of the molecule is CCOCOc1cc(OC)cc2c1C(=O)O[C@@H]2[C@H](O)C[C@@H]1OC(C)(C)O[C@@H]1C(=O)CCC[C@H](C)O[Si](C)(C)C(C)(C)C. The molecule has 5 atom stereocenters. The number of ketones is 1. The Hall–Kier alpha value is -2.02. The molecule has 10 nitrogen and oxygen atoms in total. The third-order valence-corrected chi connectivity index (χ3v) is 12.9. The quantitative estimate of drug-likeness (QED) is 0.115. The first-order valence-corrected chi connectivity index (χ1v) is 17.8. The van der Waals surface area contributed by atoms with E-state index in [2.05, 4.69) is 40.8 Å². The molecule has 0 amide bonds. The molecule has 1 N–H and O–H groups in total. The highest BCUT2D eigenvalue weighted by Gasteiger charge is 2.48. The number of aliphatic hydroxyl groups excluding tert-OH is 1. The van der Waals surface area contributed by atoms with E-state index in [0.29, 0.717) is 30.8 Å². The van der Waals surface area contributed by atoms with Gasteiger partial charge in [0.2, 0.25) is 0 Å². The first-order chi connectivity index (χ1) is 19.5. The Morgan fingerprint density at radius 1 is 1.19 bits per heavy atom. The smallest absolute Gasteiger partial charge is 0.343 e. The van der Waals surface area contributed by atoms with Crippen LogP contribution in [0.3, 0.4) is 0 Å². The van der Waals surface area contributed by atoms with Crippen LogP contribution in [0.4, 0.5) is 0 Å². The normalized spacial score (nSPS) is 23.3. The van der Waals surface area contributed by atoms with Crippen LogP contribution in [0.2, 0.25) is 18.1 Å². The summed E-state index contributed by atoms with van der Waals surface area (Å²) in [5.74, 6) is -1.02. The van der Waals surface area contributed by atoms with Gasteiger partial charge in [-0.2, -0.15) is 0 Å². The highest BCUT2D eigenvalue weighted by atomic mass is 28.4. The number of ether oxygens (including phenoxy) is 6. The Labute approximate surface area is 251 Å². The molecule has 42 heavy (non-hydrogen) atoms. The first-order valence-electron chi connectivity index (χ1n) is 14.9. The summed E-state index contributed by atoms with van der Waals surface area (Å²) in [5.41, 5.74) is 0.653. The summed E-state index contributed by atoms with van der Waals surface area (Å²) in [5, 5.41) is 11.4. The lowest BCUT2D eigenvalue weighted by molar-refractivity contribution is -0.156. The second kappa shape index (κ2) is 13.7. The van der Waals surface area contributed by atoms with Gasteiger partial charge in [-0.25, -0.2) is 4.79 Å². The highest BCUT2D eigenvalue weighted by Crippen LogP contribution is 2.43. The van der Waals surface area contributed by atoms with Crippen LogP contribution in [-0.4, -0.2) is 75.9 Å². The van der Waals surface area contributed by atoms with Gasteiger partial charge < -0.3 is 38.0 Å². The molecule has 0 saturated carbocycles. The van der Waals surface area contributed by atoms with Gasteiger partial charge in [0.15, 0.2) is 32.8 Å². The van der Waals surface area contributed by atoms with Crippen LogP contribution in [0.15, 0.2) is 12.1 Å². The molecular weight excluding hydrogens is 560 g/mol. The fourth-order valence-corrected chi connectivity index (χ4v) is 6.56. The lowest BCUT2D eigenvalue weighted by atomic mass is 9.94. The highest BCUT2D eigenvalue weighted by molar-refractivity contribution is 6.74. The number of aliphatic hydroxyl groups is 1. The monoisotopic (exact) mass is 610 g/mol. The van der Waals surface area contributed by atoms with Gasteiger partial charge in [-0.15, -0.1) is 0 Å². The molecule has 1 fully saturated rings. The molecule has 0 spiro atoms. The minimum absolute atomic E-state index is 0.0223. The summed E-state index contributed by atoms with van der Waals surface area (Å²) >= 11 is 0. The molecule has 2 aliphatic rings. The number of benzene rings is 1. The van der Waals surface area contributed by atoms with E-state index >= 15 is 0 Å². The molecule has 238 valence electrons. The standard InChI is InChI=1S/C31H50O10Si/c1-11-36-18-37-24-16-20(35-8)15-21-26(24)29(34)38-27(21)23(33)17-25-28(40-31(6,7)39-25)22(32)14-12-13-19(2)41-42(9,10)30(3,4)5/h15-16,19,23,25,27-28,33H,11-14,17-18H2,1-10H3/t19-,23+,25-,27-,28+/m0/s1. The molecular formula is C31H50O10Si. The lowest BCUT2D eigenvalue weighted by Gasteiger charge is -2.38. The van der Waals surface area contributed by atoms with Gasteiger partial charge in [0.1, 0.15) is 23.2 Å². The van der Waals surface area contributed by atoms with Crippen LogP contribution in [0.1, 0.15) is 96.2 Å². The van der Waals surface area contributed by atoms with E-state index in [0.717, 1.165) is 6.42 Å². The van der Waals surface area contributed by atoms with Crippen molar-refractivity contribution in [1.82, 2.24) is 0 Å². The third kappa shape index (κ3) is 8.32. The Balaban J connectivity index is 1.67. The van der Waals surface area contributed by atoms with E-state index in [1.165, 1.54) is 7.11 Å². The zero-order chi connectivity index (χ0) is 31.5. The summed E-state index contributed by atoms with van der Waals surface area (Å²) in [6.45, 7) is 18.8. The summed E-state index contributed by atoms with van der Waals surface area (Å²) in [4.78, 5) is 26.2. The fraction of sp³-hybridized carbons (Fsp3) is 0.742. The largest absolute Gasteiger partial charge is 0.497 e. The van der Waals surface area contributed by atoms with Crippen LogP contribution in [0, 0.1) is 0 Å². The average Bonchev–Trinajstić information content (AvgIpc) is 3.38. The number of methoxy groups -OCH3 is 1. The van der Waals surface area contributed by atoms with Gasteiger partial charge in [0, 0.05) is 37.2 Å². The second-order valence-corrected chi connectivity index (χ2v) is 17.9. The molecule has 2 aliphatic heterocycles. The van der Waals surface area contributed by atoms with Gasteiger partial charge in [-0.05, 0) is 64.7 Å². The van der Waals surface area contributed by atoms with Gasteiger partial charge in [-0.3, -0.25) is 4.79 Å². The van der Waals surface area contributed by atoms with Crippen LogP contribution < -0.4 is 9.47 Å². The van der Waals surface area contributed by atoms with Crippen LogP contribution in [-0.2, 0) is 28.2 Å². The number of hydrogen-bond acceptors (Lipinski definition) is 10. The molecule has 1 aromatic rings. The van der Waals surface area contributed by atoms with Crippen molar-refractivity contribution in [3.63, 3.8) is 0 Å². The number of carbonyl (C=O) groups excluding carboxylic acids is 2. The van der Waals surface area contributed by atoms with Crippen molar-refractivity contribution in [1.29, 1.82) is 0 Å². The third-order valence-electron chi connectivity index (χ3n) is 8.25. The molecule has 0 radical (unpaired) electrons. The number of cyclic esters (lactones) is 1. The predicted molar refractivity (Wildman–Crippen MR) is 159 cm³/mol. The molecule has 3 rings (SSSR count). The van der Waals surface area contributed by atoms with Crippen LogP contribution in [0.5, 0.6) is 11.5 Å². The van der Waals surface area contributed by atoms with E-state index < -0.39 is 44.5 Å². The van der Waals surface area contributed by atoms with Crippen molar-refractivity contribution in [3.05, 3.63) is 23.3 Å². The number of esters is 1. The zero-order valence-corrected chi connectivity index (χ0v) is 27.9. The Bertz CT molecular complexity index is 1100. The Morgan fingerprint density at radius 3 is 2.50 bits per heavy atom. The summed E-state index contributed by atoms with van der Waals surface area (Å²) in [6, 6.07) is 3.23. The van der Waals surface area contributed by atoms with E-state index in [4.69, 9.17) is 32.8 Å². The zero-order valence-electron chi connectivity index (χ0n) is 26.9. The van der Waals surface area contributed by atoms with Crippen molar-refractivity contribution in [2.24, 2.45) is 0 Å². The van der Waals surface area contributed by atoms with Gasteiger partial charge >= 0.3 is 5.97 Å². The molecule has 0 aromatic heterocycles. The summed E-state index contributed by atoms with van der Waals surface area (Å²) in [6.07, 6.45) is -1.94. The average molecular weight is 611 g/mol. The van der Waals surface area contributed by atoms with Crippen molar-refractivity contribution in [2.45, 2.75) is 129 Å². The fourth-order valence-electron chi connectivity index (χ4n) is 5.08. The maximum atomic E-state index is 13.3. The summed E-state index contributed by atoms with van der Waals surface area (Å²) in [7, 11) is -0.397. The number of Topliss-reactive ketones (excluding diaryl/α,β-unsaturated/α-hetero) is 1. The molecule has 1 aromatic carbocycles.